The lowest BCUT2D eigenvalue weighted by atomic mass is 9.95. The Labute approximate surface area is 127 Å². The van der Waals surface area contributed by atoms with Gasteiger partial charge in [0.25, 0.3) is 0 Å². The summed E-state index contributed by atoms with van der Waals surface area (Å²) >= 11 is 0. The van der Waals surface area contributed by atoms with Crippen molar-refractivity contribution in [3.63, 3.8) is 0 Å². The number of benzene rings is 1. The van der Waals surface area contributed by atoms with Crippen LogP contribution in [0.2, 0.25) is 0 Å². The first kappa shape index (κ1) is 17.7. The van der Waals surface area contributed by atoms with Gasteiger partial charge in [-0.1, -0.05) is 27.7 Å². The summed E-state index contributed by atoms with van der Waals surface area (Å²) in [6, 6.07) is 6.05. The minimum atomic E-state index is -3.51. The van der Waals surface area contributed by atoms with Gasteiger partial charge >= 0.3 is 0 Å². The SMILES string of the molecule is CCC(C)NS(=O)(=O)c1ccc(NC(=O)C(C)(C)C)cc1. The zero-order valence-corrected chi connectivity index (χ0v) is 14.0. The maximum absolute atomic E-state index is 12.1. The molecule has 1 aromatic rings. The molecule has 0 fully saturated rings. The highest BCUT2D eigenvalue weighted by atomic mass is 32.2. The molecule has 0 aromatic heterocycles. The number of hydrogen-bond donors (Lipinski definition) is 2. The fraction of sp³-hybridized carbons (Fsp3) is 0.533. The summed E-state index contributed by atoms with van der Waals surface area (Å²) in [6.07, 6.45) is 0.721. The van der Waals surface area contributed by atoms with Gasteiger partial charge in [-0.15, -0.1) is 0 Å². The molecule has 1 atom stereocenters. The monoisotopic (exact) mass is 312 g/mol. The van der Waals surface area contributed by atoms with E-state index in [4.69, 9.17) is 0 Å². The summed E-state index contributed by atoms with van der Waals surface area (Å²) in [5.74, 6) is -0.115. The van der Waals surface area contributed by atoms with E-state index in [1.165, 1.54) is 12.1 Å². The van der Waals surface area contributed by atoms with Crippen LogP contribution in [0, 0.1) is 5.41 Å². The first-order valence-electron chi connectivity index (χ1n) is 7.00. The summed E-state index contributed by atoms with van der Waals surface area (Å²) in [5, 5.41) is 2.76. The molecule has 0 heterocycles. The molecule has 5 nitrogen and oxygen atoms in total. The Morgan fingerprint density at radius 3 is 2.14 bits per heavy atom. The van der Waals surface area contributed by atoms with Crippen molar-refractivity contribution in [2.24, 2.45) is 5.41 Å². The van der Waals surface area contributed by atoms with E-state index >= 15 is 0 Å². The van der Waals surface area contributed by atoms with Crippen molar-refractivity contribution in [3.8, 4) is 0 Å². The second-order valence-corrected chi connectivity index (χ2v) is 7.87. The van der Waals surface area contributed by atoms with Crippen LogP contribution in [0.5, 0.6) is 0 Å². The third-order valence-corrected chi connectivity index (χ3v) is 4.68. The van der Waals surface area contributed by atoms with E-state index in [-0.39, 0.29) is 16.8 Å². The predicted molar refractivity (Wildman–Crippen MR) is 84.6 cm³/mol. The van der Waals surface area contributed by atoms with Gasteiger partial charge in [0.2, 0.25) is 15.9 Å². The van der Waals surface area contributed by atoms with Gasteiger partial charge in [0.1, 0.15) is 0 Å². The molecule has 1 rings (SSSR count). The van der Waals surface area contributed by atoms with Crippen molar-refractivity contribution in [2.45, 2.75) is 52.0 Å². The van der Waals surface area contributed by atoms with Gasteiger partial charge in [-0.25, -0.2) is 13.1 Å². The fourth-order valence-corrected chi connectivity index (χ4v) is 2.78. The van der Waals surface area contributed by atoms with Crippen LogP contribution in [-0.4, -0.2) is 20.4 Å². The molecule has 0 spiro atoms. The number of hydrogen-bond acceptors (Lipinski definition) is 3. The molecule has 118 valence electrons. The zero-order valence-electron chi connectivity index (χ0n) is 13.2. The molecule has 2 N–H and O–H groups in total. The van der Waals surface area contributed by atoms with Crippen LogP contribution in [0.1, 0.15) is 41.0 Å². The highest BCUT2D eigenvalue weighted by Crippen LogP contribution is 2.19. The lowest BCUT2D eigenvalue weighted by Crippen LogP contribution is -2.32. The molecule has 0 bridgehead atoms. The Morgan fingerprint density at radius 1 is 1.19 bits per heavy atom. The van der Waals surface area contributed by atoms with Crippen LogP contribution >= 0.6 is 0 Å². The quantitative estimate of drug-likeness (QED) is 0.878. The van der Waals surface area contributed by atoms with Gasteiger partial charge in [0.15, 0.2) is 0 Å². The molecule has 1 amide bonds. The smallest absolute Gasteiger partial charge is 0.240 e. The van der Waals surface area contributed by atoms with Gasteiger partial charge in [-0.2, -0.15) is 0 Å². The Bertz CT molecular complexity index is 586. The Balaban J connectivity index is 2.86. The molecular formula is C15H24N2O3S. The first-order valence-corrected chi connectivity index (χ1v) is 8.48. The maximum atomic E-state index is 12.1. The number of carbonyl (C=O) groups excluding carboxylic acids is 1. The van der Waals surface area contributed by atoms with E-state index in [0.29, 0.717) is 5.69 Å². The first-order chi connectivity index (χ1) is 9.56. The summed E-state index contributed by atoms with van der Waals surface area (Å²) in [5.41, 5.74) is 0.0838. The third-order valence-electron chi connectivity index (χ3n) is 3.07. The summed E-state index contributed by atoms with van der Waals surface area (Å²) in [7, 11) is -3.51. The molecule has 0 radical (unpaired) electrons. The molecule has 0 aliphatic carbocycles. The zero-order chi connectivity index (χ0) is 16.3. The number of rotatable bonds is 5. The predicted octanol–water partition coefficient (Wildman–Crippen LogP) is 2.75. The normalized spacial score (nSPS) is 13.8. The van der Waals surface area contributed by atoms with Crippen LogP contribution in [-0.2, 0) is 14.8 Å². The Hall–Kier alpha value is -1.40. The molecule has 0 aliphatic heterocycles. The lowest BCUT2D eigenvalue weighted by molar-refractivity contribution is -0.123. The Morgan fingerprint density at radius 2 is 1.71 bits per heavy atom. The van der Waals surface area contributed by atoms with Gasteiger partial charge in [0.05, 0.1) is 4.90 Å². The van der Waals surface area contributed by atoms with Crippen LogP contribution in [0.25, 0.3) is 0 Å². The van der Waals surface area contributed by atoms with E-state index in [1.807, 2.05) is 34.6 Å². The molecule has 1 aromatic carbocycles. The second kappa shape index (κ2) is 6.58. The fourth-order valence-electron chi connectivity index (χ4n) is 1.45. The molecular weight excluding hydrogens is 288 g/mol. The van der Waals surface area contributed by atoms with Gasteiger partial charge in [0, 0.05) is 17.1 Å². The molecule has 1 unspecified atom stereocenters. The largest absolute Gasteiger partial charge is 0.326 e. The second-order valence-electron chi connectivity index (χ2n) is 6.16. The standard InChI is InChI=1S/C15H24N2O3S/c1-6-11(2)17-21(19,20)13-9-7-12(8-10-13)16-14(18)15(3,4)5/h7-11,17H,6H2,1-5H3,(H,16,18). The number of nitrogens with one attached hydrogen (secondary N) is 2. The number of sulfonamides is 1. The third kappa shape index (κ3) is 5.13. The topological polar surface area (TPSA) is 75.3 Å². The van der Waals surface area contributed by atoms with E-state index in [0.717, 1.165) is 6.42 Å². The summed E-state index contributed by atoms with van der Waals surface area (Å²) < 4.78 is 26.8. The number of carbonyl (C=O) groups is 1. The average molecular weight is 312 g/mol. The van der Waals surface area contributed by atoms with Crippen LogP contribution in [0.4, 0.5) is 5.69 Å². The van der Waals surface area contributed by atoms with Crippen molar-refractivity contribution in [1.29, 1.82) is 0 Å². The number of anilines is 1. The van der Waals surface area contributed by atoms with E-state index in [9.17, 15) is 13.2 Å². The maximum Gasteiger partial charge on any atom is 0.240 e. The van der Waals surface area contributed by atoms with Crippen LogP contribution in [0.3, 0.4) is 0 Å². The van der Waals surface area contributed by atoms with Crippen molar-refractivity contribution in [3.05, 3.63) is 24.3 Å². The minimum Gasteiger partial charge on any atom is -0.326 e. The van der Waals surface area contributed by atoms with Crippen LogP contribution < -0.4 is 10.0 Å². The van der Waals surface area contributed by atoms with Gasteiger partial charge in [-0.3, -0.25) is 4.79 Å². The molecule has 21 heavy (non-hydrogen) atoms. The van der Waals surface area contributed by atoms with Crippen molar-refractivity contribution >= 4 is 21.6 Å². The van der Waals surface area contributed by atoms with Crippen molar-refractivity contribution in [2.75, 3.05) is 5.32 Å². The van der Waals surface area contributed by atoms with E-state index < -0.39 is 15.4 Å². The highest BCUT2D eigenvalue weighted by molar-refractivity contribution is 7.89. The molecule has 6 heteroatoms. The molecule has 0 aliphatic rings. The lowest BCUT2D eigenvalue weighted by Gasteiger charge is -2.18. The molecule has 0 saturated carbocycles. The van der Waals surface area contributed by atoms with Crippen molar-refractivity contribution in [1.82, 2.24) is 4.72 Å². The minimum absolute atomic E-state index is 0.115. The van der Waals surface area contributed by atoms with E-state index in [2.05, 4.69) is 10.0 Å². The molecule has 0 saturated heterocycles. The van der Waals surface area contributed by atoms with Gasteiger partial charge in [-0.05, 0) is 37.6 Å². The van der Waals surface area contributed by atoms with Crippen molar-refractivity contribution < 1.29 is 13.2 Å². The van der Waals surface area contributed by atoms with Crippen LogP contribution in [0.15, 0.2) is 29.2 Å². The summed E-state index contributed by atoms with van der Waals surface area (Å²) in [4.78, 5) is 12.0. The average Bonchev–Trinajstić information content (AvgIpc) is 2.37. The summed E-state index contributed by atoms with van der Waals surface area (Å²) in [6.45, 7) is 9.18. The number of amides is 1. The Kier molecular flexibility index (Phi) is 5.53. The van der Waals surface area contributed by atoms with E-state index in [1.54, 1.807) is 12.1 Å². The van der Waals surface area contributed by atoms with Gasteiger partial charge < -0.3 is 5.32 Å². The highest BCUT2D eigenvalue weighted by Gasteiger charge is 2.21.